The van der Waals surface area contributed by atoms with Crippen LogP contribution in [0.3, 0.4) is 0 Å². The van der Waals surface area contributed by atoms with Crippen LogP contribution in [0, 0.1) is 21.7 Å². The lowest BCUT2D eigenvalue weighted by Crippen LogP contribution is -1.99. The van der Waals surface area contributed by atoms with Crippen molar-refractivity contribution in [2.75, 3.05) is 5.73 Å². The van der Waals surface area contributed by atoms with E-state index in [-0.39, 0.29) is 16.5 Å². The highest BCUT2D eigenvalue weighted by molar-refractivity contribution is 6.31. The topological polar surface area (TPSA) is 78.4 Å². The zero-order valence-corrected chi connectivity index (χ0v) is 10.5. The van der Waals surface area contributed by atoms with E-state index in [1.54, 1.807) is 0 Å². The van der Waals surface area contributed by atoms with Crippen molar-refractivity contribution in [2.24, 2.45) is 0 Å². The first-order valence-electron chi connectivity index (χ1n) is 5.25. The van der Waals surface area contributed by atoms with E-state index in [4.69, 9.17) is 22.1 Å². The van der Waals surface area contributed by atoms with Crippen LogP contribution in [-0.2, 0) is 0 Å². The zero-order valence-electron chi connectivity index (χ0n) is 9.77. The number of nitro benzene ring substituents is 1. The fourth-order valence-corrected chi connectivity index (χ4v) is 1.76. The van der Waals surface area contributed by atoms with Gasteiger partial charge in [0.2, 0.25) is 11.6 Å². The Morgan fingerprint density at radius 2 is 1.95 bits per heavy atom. The number of nitro groups is 1. The Labute approximate surface area is 116 Å². The first-order chi connectivity index (χ1) is 9.38. The standard InChI is InChI=1S/C12H7ClF2N2O3/c13-6-3-7(16)5-8(4-6)20-12-10(17(18)19)2-1-9(14)11(12)15/h1-5H,16H2. The van der Waals surface area contributed by atoms with Crippen LogP contribution < -0.4 is 10.5 Å². The quantitative estimate of drug-likeness (QED) is 0.529. The maximum Gasteiger partial charge on any atom is 0.314 e. The van der Waals surface area contributed by atoms with Gasteiger partial charge >= 0.3 is 5.69 Å². The molecule has 0 bridgehead atoms. The molecule has 0 unspecified atom stereocenters. The van der Waals surface area contributed by atoms with Crippen molar-refractivity contribution >= 4 is 23.0 Å². The largest absolute Gasteiger partial charge is 0.447 e. The van der Waals surface area contributed by atoms with Gasteiger partial charge in [-0.05, 0) is 18.2 Å². The van der Waals surface area contributed by atoms with Crippen LogP contribution in [0.1, 0.15) is 0 Å². The normalized spacial score (nSPS) is 10.3. The van der Waals surface area contributed by atoms with E-state index in [0.29, 0.717) is 6.07 Å². The van der Waals surface area contributed by atoms with Crippen LogP contribution in [0.2, 0.25) is 5.02 Å². The fraction of sp³-hybridized carbons (Fsp3) is 0. The number of ether oxygens (including phenoxy) is 1. The second-order valence-electron chi connectivity index (χ2n) is 3.79. The van der Waals surface area contributed by atoms with Crippen LogP contribution >= 0.6 is 11.6 Å². The molecule has 0 aliphatic heterocycles. The van der Waals surface area contributed by atoms with E-state index < -0.39 is 28.0 Å². The van der Waals surface area contributed by atoms with Gasteiger partial charge in [0.1, 0.15) is 5.75 Å². The third-order valence-corrected chi connectivity index (χ3v) is 2.56. The number of hydrogen-bond donors (Lipinski definition) is 1. The van der Waals surface area contributed by atoms with Gasteiger partial charge in [-0.2, -0.15) is 4.39 Å². The highest BCUT2D eigenvalue weighted by Gasteiger charge is 2.24. The molecular formula is C12H7ClF2N2O3. The summed E-state index contributed by atoms with van der Waals surface area (Å²) in [7, 11) is 0. The van der Waals surface area contributed by atoms with Crippen molar-refractivity contribution in [3.63, 3.8) is 0 Å². The van der Waals surface area contributed by atoms with Crippen LogP contribution in [0.5, 0.6) is 11.5 Å². The highest BCUT2D eigenvalue weighted by Crippen LogP contribution is 2.36. The van der Waals surface area contributed by atoms with E-state index in [9.17, 15) is 18.9 Å². The summed E-state index contributed by atoms with van der Waals surface area (Å²) in [6.07, 6.45) is 0. The van der Waals surface area contributed by atoms with Crippen LogP contribution in [0.15, 0.2) is 30.3 Å². The predicted molar refractivity (Wildman–Crippen MR) is 69.0 cm³/mol. The molecule has 0 aliphatic rings. The van der Waals surface area contributed by atoms with Gasteiger partial charge in [-0.1, -0.05) is 11.6 Å². The Kier molecular flexibility index (Phi) is 3.71. The third kappa shape index (κ3) is 2.77. The van der Waals surface area contributed by atoms with E-state index in [0.717, 1.165) is 6.07 Å². The second-order valence-corrected chi connectivity index (χ2v) is 4.23. The summed E-state index contributed by atoms with van der Waals surface area (Å²) in [4.78, 5) is 9.91. The van der Waals surface area contributed by atoms with E-state index in [1.807, 2.05) is 0 Å². The van der Waals surface area contributed by atoms with Crippen molar-refractivity contribution in [1.82, 2.24) is 0 Å². The number of nitrogens with zero attached hydrogens (tertiary/aromatic N) is 1. The van der Waals surface area contributed by atoms with E-state index >= 15 is 0 Å². The van der Waals surface area contributed by atoms with Gasteiger partial charge in [-0.3, -0.25) is 10.1 Å². The molecule has 0 saturated carbocycles. The lowest BCUT2D eigenvalue weighted by Gasteiger charge is -2.08. The molecule has 0 atom stereocenters. The molecule has 0 amide bonds. The number of rotatable bonds is 3. The molecular weight excluding hydrogens is 294 g/mol. The van der Waals surface area contributed by atoms with Crippen LogP contribution in [0.25, 0.3) is 0 Å². The molecule has 2 aromatic rings. The summed E-state index contributed by atoms with van der Waals surface area (Å²) in [5, 5.41) is 11.0. The minimum absolute atomic E-state index is 0.0393. The molecule has 0 spiro atoms. The molecule has 2 aromatic carbocycles. The Bertz CT molecular complexity index is 674. The van der Waals surface area contributed by atoms with Gasteiger partial charge in [0.05, 0.1) is 4.92 Å². The van der Waals surface area contributed by atoms with Gasteiger partial charge < -0.3 is 10.5 Å². The molecule has 2 N–H and O–H groups in total. The molecule has 0 fully saturated rings. The number of halogens is 3. The summed E-state index contributed by atoms with van der Waals surface area (Å²) < 4.78 is 31.8. The summed E-state index contributed by atoms with van der Waals surface area (Å²) >= 11 is 5.73. The lowest BCUT2D eigenvalue weighted by atomic mass is 10.2. The Hall–Kier alpha value is -2.41. The minimum Gasteiger partial charge on any atom is -0.447 e. The first kappa shape index (κ1) is 14.0. The summed E-state index contributed by atoms with van der Waals surface area (Å²) in [5.74, 6) is -3.60. The smallest absolute Gasteiger partial charge is 0.314 e. The molecule has 5 nitrogen and oxygen atoms in total. The molecule has 0 saturated heterocycles. The van der Waals surface area contributed by atoms with Crippen LogP contribution in [0.4, 0.5) is 20.2 Å². The molecule has 0 aromatic heterocycles. The zero-order chi connectivity index (χ0) is 14.9. The maximum absolute atomic E-state index is 13.6. The van der Waals surface area contributed by atoms with Crippen LogP contribution in [-0.4, -0.2) is 4.92 Å². The number of benzene rings is 2. The summed E-state index contributed by atoms with van der Waals surface area (Å²) in [6, 6.07) is 5.41. The van der Waals surface area contributed by atoms with Crippen molar-refractivity contribution in [3.8, 4) is 11.5 Å². The van der Waals surface area contributed by atoms with E-state index in [1.165, 1.54) is 18.2 Å². The first-order valence-corrected chi connectivity index (χ1v) is 5.62. The second kappa shape index (κ2) is 5.30. The SMILES string of the molecule is Nc1cc(Cl)cc(Oc2c([N+](=O)[O-])ccc(F)c2F)c1. The van der Waals surface area contributed by atoms with Gasteiger partial charge in [0, 0.05) is 22.8 Å². The number of nitrogen functional groups attached to an aromatic ring is 1. The molecule has 0 aliphatic carbocycles. The molecule has 8 heteroatoms. The number of nitrogens with two attached hydrogens (primary N) is 1. The lowest BCUT2D eigenvalue weighted by molar-refractivity contribution is -0.385. The Morgan fingerprint density at radius 3 is 2.55 bits per heavy atom. The van der Waals surface area contributed by atoms with Crippen molar-refractivity contribution in [1.29, 1.82) is 0 Å². The minimum atomic E-state index is -1.46. The molecule has 0 heterocycles. The van der Waals surface area contributed by atoms with E-state index in [2.05, 4.69) is 0 Å². The molecule has 2 rings (SSSR count). The molecule has 104 valence electrons. The van der Waals surface area contributed by atoms with Gasteiger partial charge in [0.15, 0.2) is 5.82 Å². The van der Waals surface area contributed by atoms with Gasteiger partial charge in [-0.15, -0.1) is 0 Å². The number of anilines is 1. The monoisotopic (exact) mass is 300 g/mol. The molecule has 0 radical (unpaired) electrons. The van der Waals surface area contributed by atoms with Crippen molar-refractivity contribution in [2.45, 2.75) is 0 Å². The van der Waals surface area contributed by atoms with Crippen molar-refractivity contribution < 1.29 is 18.4 Å². The Morgan fingerprint density at radius 1 is 1.25 bits per heavy atom. The predicted octanol–water partition coefficient (Wildman–Crippen LogP) is 3.90. The Balaban J connectivity index is 2.52. The summed E-state index contributed by atoms with van der Waals surface area (Å²) in [5.41, 5.74) is 5.02. The highest BCUT2D eigenvalue weighted by atomic mass is 35.5. The van der Waals surface area contributed by atoms with Gasteiger partial charge in [-0.25, -0.2) is 4.39 Å². The van der Waals surface area contributed by atoms with Crippen molar-refractivity contribution in [3.05, 3.63) is 57.1 Å². The number of hydrogen-bond acceptors (Lipinski definition) is 4. The summed E-state index contributed by atoms with van der Waals surface area (Å²) in [6.45, 7) is 0. The van der Waals surface area contributed by atoms with Gasteiger partial charge in [0.25, 0.3) is 0 Å². The fourth-order valence-electron chi connectivity index (χ4n) is 1.52. The average Bonchev–Trinajstić information content (AvgIpc) is 2.33. The third-order valence-electron chi connectivity index (χ3n) is 2.34. The maximum atomic E-state index is 13.6. The average molecular weight is 301 g/mol. The molecule has 20 heavy (non-hydrogen) atoms.